The topological polar surface area (TPSA) is 60.4 Å². The average molecular weight is 301 g/mol. The van der Waals surface area contributed by atoms with Crippen molar-refractivity contribution in [3.8, 4) is 11.1 Å². The predicted octanol–water partition coefficient (Wildman–Crippen LogP) is 0.674. The van der Waals surface area contributed by atoms with Gasteiger partial charge in [-0.3, -0.25) is 0 Å². The number of rotatable bonds is 1. The van der Waals surface area contributed by atoms with Crippen LogP contribution in [0.2, 0.25) is 0 Å². The molecular weight excluding hydrogens is 283 g/mol. The van der Waals surface area contributed by atoms with Gasteiger partial charge in [0.05, 0.1) is 11.4 Å². The Morgan fingerprint density at radius 1 is 1.25 bits per heavy atom. The van der Waals surface area contributed by atoms with Crippen LogP contribution in [0.3, 0.4) is 0 Å². The van der Waals surface area contributed by atoms with Crippen LogP contribution in [-0.4, -0.2) is 13.3 Å². The van der Waals surface area contributed by atoms with E-state index in [0.29, 0.717) is 5.92 Å². The Morgan fingerprint density at radius 3 is 2.30 bits per heavy atom. The summed E-state index contributed by atoms with van der Waals surface area (Å²) in [4.78, 5) is 0. The van der Waals surface area contributed by atoms with E-state index in [4.69, 9.17) is 13.3 Å². The van der Waals surface area contributed by atoms with E-state index < -0.39 is 11.4 Å². The van der Waals surface area contributed by atoms with Crippen molar-refractivity contribution in [1.82, 2.24) is 0 Å². The molecule has 0 aliphatic heterocycles. The second-order valence-corrected chi connectivity index (χ2v) is 5.23. The smallest absolute Gasteiger partial charge is 0.750 e. The zero-order valence-corrected chi connectivity index (χ0v) is 15.4. The molecular formula is C15H18NaO3S-. The van der Waals surface area contributed by atoms with Crippen molar-refractivity contribution < 1.29 is 42.9 Å². The second-order valence-electron chi connectivity index (χ2n) is 4.79. The molecule has 20 heavy (non-hydrogen) atoms. The Bertz CT molecular complexity index is 551. The summed E-state index contributed by atoms with van der Waals surface area (Å²) in [6, 6.07) is 12.2. The van der Waals surface area contributed by atoms with Gasteiger partial charge in [0.2, 0.25) is 0 Å². The van der Waals surface area contributed by atoms with Crippen LogP contribution in [0.4, 0.5) is 0 Å². The molecule has 0 aromatic heterocycles. The zero-order chi connectivity index (χ0) is 14.6. The summed E-state index contributed by atoms with van der Waals surface area (Å²) >= 11 is -2.86. The minimum absolute atomic E-state index is 0. The van der Waals surface area contributed by atoms with E-state index >= 15 is 0 Å². The van der Waals surface area contributed by atoms with Gasteiger partial charge in [-0.2, -0.15) is 11.6 Å². The van der Waals surface area contributed by atoms with Crippen LogP contribution in [0, 0.1) is 19.9 Å². The molecule has 0 bridgehead atoms. The Hall–Kier alpha value is -0.230. The number of hydrogen-bond acceptors (Lipinski definition) is 2. The van der Waals surface area contributed by atoms with Gasteiger partial charge in [-0.15, -0.1) is 34.9 Å². The van der Waals surface area contributed by atoms with Crippen molar-refractivity contribution in [3.05, 3.63) is 47.0 Å². The molecule has 0 saturated heterocycles. The molecule has 2 rings (SSSR count). The molecule has 104 valence electrons. The molecule has 2 aliphatic rings. The maximum absolute atomic E-state index is 8.56. The summed E-state index contributed by atoms with van der Waals surface area (Å²) in [6.07, 6.45) is 0. The molecule has 0 amide bonds. The molecule has 0 aromatic carbocycles. The first-order valence-electron chi connectivity index (χ1n) is 6.02. The largest absolute Gasteiger partial charge is 1.00 e. The SMILES string of the molecule is Cc1ccc(C(C)C)cc2c(C)c[c-]c1-2.O=S([O-])O.[Na+]. The molecule has 0 fully saturated rings. The van der Waals surface area contributed by atoms with Crippen LogP contribution in [0.15, 0.2) is 24.3 Å². The predicted molar refractivity (Wildman–Crippen MR) is 77.0 cm³/mol. The van der Waals surface area contributed by atoms with Crippen molar-refractivity contribution in [2.45, 2.75) is 33.6 Å². The number of aryl methyl sites for hydroxylation is 2. The van der Waals surface area contributed by atoms with Gasteiger partial charge in [0.25, 0.3) is 0 Å². The van der Waals surface area contributed by atoms with Crippen molar-refractivity contribution in [1.29, 1.82) is 0 Å². The quantitative estimate of drug-likeness (QED) is 0.478. The fraction of sp³-hybridized carbons (Fsp3) is 0.333. The van der Waals surface area contributed by atoms with Crippen LogP contribution >= 0.6 is 0 Å². The normalized spacial score (nSPS) is 11.6. The summed E-state index contributed by atoms with van der Waals surface area (Å²) in [7, 11) is 0. The van der Waals surface area contributed by atoms with E-state index in [-0.39, 0.29) is 29.6 Å². The summed E-state index contributed by atoms with van der Waals surface area (Å²) < 4.78 is 24.1. The molecule has 1 unspecified atom stereocenters. The Morgan fingerprint density at radius 2 is 1.80 bits per heavy atom. The summed E-state index contributed by atoms with van der Waals surface area (Å²) in [5, 5.41) is 0. The molecule has 0 aromatic rings. The third-order valence-corrected chi connectivity index (χ3v) is 3.02. The fourth-order valence-corrected chi connectivity index (χ4v) is 1.92. The van der Waals surface area contributed by atoms with E-state index in [0.717, 1.165) is 0 Å². The monoisotopic (exact) mass is 301 g/mol. The van der Waals surface area contributed by atoms with Crippen molar-refractivity contribution in [2.24, 2.45) is 0 Å². The van der Waals surface area contributed by atoms with Crippen LogP contribution < -0.4 is 29.6 Å². The van der Waals surface area contributed by atoms with E-state index in [1.165, 1.54) is 27.8 Å². The standard InChI is InChI=1S/C15H17.Na.H2O3S/c1-10(2)13-7-5-11(3)14-8-6-12(4)15(14)9-13;;1-4(2)3/h5-7,9-10H,1-4H3;;(H2,1,2,3)/q-1;+1;/p-1. The third kappa shape index (κ3) is 5.64. The first-order valence-corrected chi connectivity index (χ1v) is 7.06. The van der Waals surface area contributed by atoms with Crippen molar-refractivity contribution >= 4 is 11.4 Å². The second kappa shape index (κ2) is 8.93. The summed E-state index contributed by atoms with van der Waals surface area (Å²) in [5.74, 6) is 0.578. The van der Waals surface area contributed by atoms with Crippen LogP contribution in [0.5, 0.6) is 0 Å². The van der Waals surface area contributed by atoms with E-state index in [2.05, 4.69) is 58.0 Å². The van der Waals surface area contributed by atoms with Crippen molar-refractivity contribution in [3.63, 3.8) is 0 Å². The Kier molecular flexibility index (Phi) is 8.82. The molecule has 2 aliphatic carbocycles. The summed E-state index contributed by atoms with van der Waals surface area (Å²) in [5.41, 5.74) is 6.65. The fourth-order valence-electron chi connectivity index (χ4n) is 1.92. The molecule has 0 radical (unpaired) electrons. The first-order chi connectivity index (χ1) is 8.82. The molecule has 1 N–H and O–H groups in total. The molecule has 0 heterocycles. The molecule has 0 spiro atoms. The van der Waals surface area contributed by atoms with Crippen LogP contribution in [-0.2, 0) is 11.4 Å². The zero-order valence-electron chi connectivity index (χ0n) is 12.6. The number of fused-ring (bicyclic) bond motifs is 1. The van der Waals surface area contributed by atoms with Gasteiger partial charge in [-0.25, -0.2) is 4.21 Å². The van der Waals surface area contributed by atoms with E-state index in [9.17, 15) is 0 Å². The Labute approximate surface area is 145 Å². The van der Waals surface area contributed by atoms with Gasteiger partial charge in [0.15, 0.2) is 0 Å². The average Bonchev–Trinajstić information content (AvgIpc) is 2.54. The molecule has 0 saturated carbocycles. The third-order valence-electron chi connectivity index (χ3n) is 3.02. The summed E-state index contributed by atoms with van der Waals surface area (Å²) in [6.45, 7) is 8.78. The van der Waals surface area contributed by atoms with Crippen LogP contribution in [0.1, 0.15) is 36.5 Å². The van der Waals surface area contributed by atoms with Gasteiger partial charge in [0, 0.05) is 0 Å². The first kappa shape index (κ1) is 19.8. The molecule has 3 nitrogen and oxygen atoms in total. The molecule has 1 atom stereocenters. The maximum Gasteiger partial charge on any atom is 1.00 e. The minimum atomic E-state index is -2.86. The molecule has 5 heteroatoms. The maximum atomic E-state index is 8.56. The van der Waals surface area contributed by atoms with Gasteiger partial charge in [-0.05, 0) is 5.92 Å². The van der Waals surface area contributed by atoms with Gasteiger partial charge < -0.3 is 9.11 Å². The van der Waals surface area contributed by atoms with Crippen LogP contribution in [0.25, 0.3) is 11.1 Å². The van der Waals surface area contributed by atoms with Gasteiger partial charge >= 0.3 is 29.6 Å². The Balaban J connectivity index is 0.000000644. The van der Waals surface area contributed by atoms with E-state index in [1.807, 2.05) is 0 Å². The van der Waals surface area contributed by atoms with Gasteiger partial charge in [-0.1, -0.05) is 39.3 Å². The minimum Gasteiger partial charge on any atom is -0.750 e. The van der Waals surface area contributed by atoms with Gasteiger partial charge in [0.1, 0.15) is 0 Å². The van der Waals surface area contributed by atoms with E-state index in [1.54, 1.807) is 0 Å². The number of hydrogen-bond donors (Lipinski definition) is 1. The van der Waals surface area contributed by atoms with Crippen molar-refractivity contribution in [2.75, 3.05) is 0 Å².